The Morgan fingerprint density at radius 2 is 1.87 bits per heavy atom. The van der Waals surface area contributed by atoms with Crippen molar-refractivity contribution in [1.29, 1.82) is 0 Å². The van der Waals surface area contributed by atoms with Crippen LogP contribution in [0.2, 0.25) is 0 Å². The second-order valence-corrected chi connectivity index (χ2v) is 8.14. The molecule has 0 aromatic heterocycles. The third kappa shape index (κ3) is 3.06. The molecule has 2 heteroatoms. The molecule has 2 aliphatic carbocycles. The van der Waals surface area contributed by atoms with Crippen LogP contribution in [-0.4, -0.2) is 12.2 Å². The van der Waals surface area contributed by atoms with E-state index in [0.29, 0.717) is 11.3 Å². The summed E-state index contributed by atoms with van der Waals surface area (Å²) in [6.45, 7) is 6.75. The quantitative estimate of drug-likeness (QED) is 0.776. The van der Waals surface area contributed by atoms with Crippen molar-refractivity contribution in [1.82, 2.24) is 0 Å². The summed E-state index contributed by atoms with van der Waals surface area (Å²) in [6, 6.07) is 7.91. The molecule has 2 unspecified atom stereocenters. The maximum atomic E-state index is 11.3. The number of hydrogen-bond donors (Lipinski definition) is 1. The summed E-state index contributed by atoms with van der Waals surface area (Å²) >= 11 is 0. The van der Waals surface area contributed by atoms with Gasteiger partial charge in [0.2, 0.25) is 0 Å². The van der Waals surface area contributed by atoms with Gasteiger partial charge in [-0.15, -0.1) is 0 Å². The van der Waals surface area contributed by atoms with Crippen molar-refractivity contribution in [3.63, 3.8) is 0 Å². The summed E-state index contributed by atoms with van der Waals surface area (Å²) in [5.41, 5.74) is 3.85. The van der Waals surface area contributed by atoms with Crippen LogP contribution in [0.3, 0.4) is 0 Å². The monoisotopic (exact) mass is 314 g/mol. The Morgan fingerprint density at radius 1 is 1.17 bits per heavy atom. The molecule has 1 aromatic carbocycles. The van der Waals surface area contributed by atoms with Crippen molar-refractivity contribution in [2.24, 2.45) is 11.3 Å². The number of ether oxygens (including phenoxy) is 1. The first-order valence-electron chi connectivity index (χ1n) is 8.93. The molecule has 2 nitrogen and oxygen atoms in total. The van der Waals surface area contributed by atoms with E-state index in [-0.39, 0.29) is 0 Å². The Bertz CT molecular complexity index is 593. The molecule has 23 heavy (non-hydrogen) atoms. The zero-order chi connectivity index (χ0) is 16.7. The topological polar surface area (TPSA) is 29.5 Å². The van der Waals surface area contributed by atoms with Gasteiger partial charge < -0.3 is 9.84 Å². The Balaban J connectivity index is 1.85. The molecule has 2 aliphatic rings. The highest BCUT2D eigenvalue weighted by Gasteiger charge is 2.41. The first-order valence-corrected chi connectivity index (χ1v) is 8.93. The first kappa shape index (κ1) is 16.6. The van der Waals surface area contributed by atoms with Crippen LogP contribution in [0.4, 0.5) is 0 Å². The smallest absolute Gasteiger partial charge is 0.118 e. The van der Waals surface area contributed by atoms with Gasteiger partial charge in [0.1, 0.15) is 5.75 Å². The van der Waals surface area contributed by atoms with Crippen molar-refractivity contribution in [2.75, 3.05) is 7.11 Å². The fraction of sp³-hybridized carbons (Fsp3) is 0.619. The average Bonchev–Trinajstić information content (AvgIpc) is 2.54. The lowest BCUT2D eigenvalue weighted by atomic mass is 9.62. The predicted molar refractivity (Wildman–Crippen MR) is 94.6 cm³/mol. The fourth-order valence-electron chi connectivity index (χ4n) is 4.56. The second kappa shape index (κ2) is 5.98. The Kier molecular flexibility index (Phi) is 4.31. The van der Waals surface area contributed by atoms with Crippen LogP contribution in [0, 0.1) is 11.3 Å². The summed E-state index contributed by atoms with van der Waals surface area (Å²) in [7, 11) is 1.67. The zero-order valence-corrected chi connectivity index (χ0v) is 15.0. The molecular weight excluding hydrogens is 284 g/mol. The van der Waals surface area contributed by atoms with Crippen LogP contribution in [0.25, 0.3) is 0 Å². The van der Waals surface area contributed by atoms with Crippen LogP contribution in [-0.2, 0) is 5.60 Å². The van der Waals surface area contributed by atoms with E-state index in [1.54, 1.807) is 18.3 Å². The van der Waals surface area contributed by atoms with E-state index < -0.39 is 5.60 Å². The summed E-state index contributed by atoms with van der Waals surface area (Å²) in [5.74, 6) is 1.14. The fourth-order valence-corrected chi connectivity index (χ4v) is 4.56. The van der Waals surface area contributed by atoms with E-state index in [4.69, 9.17) is 4.74 Å². The van der Waals surface area contributed by atoms with Crippen LogP contribution < -0.4 is 4.74 Å². The SMILES string of the molecule is COc1ccc(C(C)(O)C2CCC3=C(C2)C(C)(C)CCC3)cc1. The third-order valence-electron chi connectivity index (χ3n) is 6.24. The van der Waals surface area contributed by atoms with E-state index in [1.807, 2.05) is 31.2 Å². The first-order chi connectivity index (χ1) is 10.8. The minimum atomic E-state index is -0.779. The van der Waals surface area contributed by atoms with Gasteiger partial charge in [0, 0.05) is 0 Å². The maximum absolute atomic E-state index is 11.3. The molecule has 0 radical (unpaired) electrons. The van der Waals surface area contributed by atoms with Gasteiger partial charge in [-0.1, -0.05) is 37.1 Å². The number of methoxy groups -OCH3 is 1. The molecule has 0 saturated carbocycles. The maximum Gasteiger partial charge on any atom is 0.118 e. The summed E-state index contributed by atoms with van der Waals surface area (Å²) < 4.78 is 5.24. The van der Waals surface area contributed by atoms with Crippen molar-refractivity contribution >= 4 is 0 Å². The van der Waals surface area contributed by atoms with Gasteiger partial charge >= 0.3 is 0 Å². The van der Waals surface area contributed by atoms with Gasteiger partial charge in [-0.25, -0.2) is 0 Å². The zero-order valence-electron chi connectivity index (χ0n) is 15.0. The van der Waals surface area contributed by atoms with Gasteiger partial charge in [-0.05, 0) is 74.5 Å². The number of aliphatic hydroxyl groups is 1. The van der Waals surface area contributed by atoms with Crippen molar-refractivity contribution in [2.45, 2.75) is 64.9 Å². The lowest BCUT2D eigenvalue weighted by Crippen LogP contribution is -2.36. The van der Waals surface area contributed by atoms with Gasteiger partial charge in [-0.3, -0.25) is 0 Å². The lowest BCUT2D eigenvalue weighted by molar-refractivity contribution is -0.0150. The molecule has 0 heterocycles. The minimum absolute atomic E-state index is 0.298. The van der Waals surface area contributed by atoms with E-state index >= 15 is 0 Å². The van der Waals surface area contributed by atoms with Gasteiger partial charge in [0.05, 0.1) is 12.7 Å². The van der Waals surface area contributed by atoms with Crippen molar-refractivity contribution < 1.29 is 9.84 Å². The second-order valence-electron chi connectivity index (χ2n) is 8.14. The van der Waals surface area contributed by atoms with E-state index in [1.165, 1.54) is 19.3 Å². The molecule has 0 aliphatic heterocycles. The molecule has 0 bridgehead atoms. The molecule has 2 atom stereocenters. The van der Waals surface area contributed by atoms with Crippen molar-refractivity contribution in [3.05, 3.63) is 41.0 Å². The lowest BCUT2D eigenvalue weighted by Gasteiger charge is -2.44. The molecule has 0 fully saturated rings. The molecule has 1 N–H and O–H groups in total. The summed E-state index contributed by atoms with van der Waals surface area (Å²) in [5, 5.41) is 11.3. The molecular formula is C21H30O2. The molecule has 0 amide bonds. The van der Waals surface area contributed by atoms with E-state index in [9.17, 15) is 5.11 Å². The van der Waals surface area contributed by atoms with Gasteiger partial charge in [0.25, 0.3) is 0 Å². The molecule has 0 spiro atoms. The highest BCUT2D eigenvalue weighted by Crippen LogP contribution is 2.51. The van der Waals surface area contributed by atoms with Crippen molar-refractivity contribution in [3.8, 4) is 5.75 Å². The Labute approximate surface area is 140 Å². The summed E-state index contributed by atoms with van der Waals surface area (Å²) in [6.07, 6.45) is 7.18. The van der Waals surface area contributed by atoms with Crippen LogP contribution >= 0.6 is 0 Å². The van der Waals surface area contributed by atoms with E-state index in [0.717, 1.165) is 30.6 Å². The summed E-state index contributed by atoms with van der Waals surface area (Å²) in [4.78, 5) is 0. The number of benzene rings is 1. The standard InChI is InChI=1S/C21H30O2/c1-20(2)13-5-6-15-7-8-17(14-19(15)20)21(3,22)16-9-11-18(23-4)12-10-16/h9-12,17,22H,5-8,13-14H2,1-4H3. The number of rotatable bonds is 3. The van der Waals surface area contributed by atoms with Crippen LogP contribution in [0.15, 0.2) is 35.4 Å². The molecule has 3 rings (SSSR count). The van der Waals surface area contributed by atoms with Crippen LogP contribution in [0.5, 0.6) is 5.75 Å². The number of hydrogen-bond acceptors (Lipinski definition) is 2. The molecule has 0 saturated heterocycles. The minimum Gasteiger partial charge on any atom is -0.497 e. The van der Waals surface area contributed by atoms with E-state index in [2.05, 4.69) is 13.8 Å². The largest absolute Gasteiger partial charge is 0.497 e. The highest BCUT2D eigenvalue weighted by atomic mass is 16.5. The van der Waals surface area contributed by atoms with Gasteiger partial charge in [-0.2, -0.15) is 0 Å². The highest BCUT2D eigenvalue weighted by molar-refractivity contribution is 5.33. The van der Waals surface area contributed by atoms with Gasteiger partial charge in [0.15, 0.2) is 0 Å². The van der Waals surface area contributed by atoms with Crippen LogP contribution in [0.1, 0.15) is 64.9 Å². The Hall–Kier alpha value is -1.28. The molecule has 126 valence electrons. The molecule has 1 aromatic rings. The normalized spacial score (nSPS) is 26.4. The third-order valence-corrected chi connectivity index (χ3v) is 6.24. The predicted octanol–water partition coefficient (Wildman–Crippen LogP) is 5.21. The Morgan fingerprint density at radius 3 is 2.52 bits per heavy atom. The average molecular weight is 314 g/mol. The number of allylic oxidation sites excluding steroid dienone is 2.